The molecule has 0 unspecified atom stereocenters. The van der Waals surface area contributed by atoms with E-state index in [1.54, 1.807) is 18.2 Å². The number of benzene rings is 3. The number of rotatable bonds is 4. The Bertz CT molecular complexity index is 1440. The van der Waals surface area contributed by atoms with Gasteiger partial charge in [-0.3, -0.25) is 9.59 Å². The normalized spacial score (nSPS) is 10.5. The maximum atomic E-state index is 12.3. The Labute approximate surface area is 200 Å². The number of methoxy groups -OCH3 is 1. The standard InChI is InChI=1S/C15H10O3.C12H12O5/c16-11-6-7-12-14(8-11)18-9-13(15(12)17)10-4-2-1-3-5-10;1-8(13)17-12(15)6-4-9-3-5-10(14)11(7-9)16-2/h1-9,16H;3-7,14H,1-2H3. The number of fused-ring (bicyclic) bond motifs is 1. The summed E-state index contributed by atoms with van der Waals surface area (Å²) in [5.74, 6) is -1.02. The van der Waals surface area contributed by atoms with Crippen LogP contribution in [0.4, 0.5) is 0 Å². The van der Waals surface area contributed by atoms with Gasteiger partial charge in [-0.25, -0.2) is 4.79 Å². The van der Waals surface area contributed by atoms with Gasteiger partial charge in [0.2, 0.25) is 0 Å². The molecule has 4 rings (SSSR count). The highest BCUT2D eigenvalue weighted by Crippen LogP contribution is 2.26. The minimum Gasteiger partial charge on any atom is -0.508 e. The van der Waals surface area contributed by atoms with E-state index in [9.17, 15) is 24.6 Å². The van der Waals surface area contributed by atoms with Crippen molar-refractivity contribution in [1.29, 1.82) is 0 Å². The molecule has 0 spiro atoms. The largest absolute Gasteiger partial charge is 0.508 e. The molecule has 178 valence electrons. The first-order chi connectivity index (χ1) is 16.8. The molecule has 8 nitrogen and oxygen atoms in total. The Kier molecular flexibility index (Phi) is 8.02. The molecule has 0 bridgehead atoms. The Morgan fingerprint density at radius 1 is 0.971 bits per heavy atom. The molecule has 0 saturated heterocycles. The number of carbonyl (C=O) groups excluding carboxylic acids is 2. The quantitative estimate of drug-likeness (QED) is 0.249. The molecule has 0 radical (unpaired) electrons. The summed E-state index contributed by atoms with van der Waals surface area (Å²) in [6, 6.07) is 18.4. The minimum absolute atomic E-state index is 0.0102. The van der Waals surface area contributed by atoms with Gasteiger partial charge in [-0.15, -0.1) is 0 Å². The Morgan fingerprint density at radius 3 is 2.40 bits per heavy atom. The van der Waals surface area contributed by atoms with Crippen molar-refractivity contribution in [2.24, 2.45) is 0 Å². The molecule has 0 aliphatic carbocycles. The first-order valence-corrected chi connectivity index (χ1v) is 10.4. The lowest BCUT2D eigenvalue weighted by Crippen LogP contribution is -2.05. The predicted octanol–water partition coefficient (Wildman–Crippen LogP) is 4.67. The third-order valence-electron chi connectivity index (χ3n) is 4.70. The number of carbonyl (C=O) groups is 2. The number of phenolic OH excluding ortho intramolecular Hbond substituents is 2. The number of hydrogen-bond acceptors (Lipinski definition) is 8. The second kappa shape index (κ2) is 11.3. The molecule has 0 aliphatic heterocycles. The zero-order valence-electron chi connectivity index (χ0n) is 18.9. The van der Waals surface area contributed by atoms with Crippen LogP contribution in [-0.2, 0) is 14.3 Å². The summed E-state index contributed by atoms with van der Waals surface area (Å²) in [4.78, 5) is 33.8. The van der Waals surface area contributed by atoms with Crippen molar-refractivity contribution in [3.63, 3.8) is 0 Å². The average molecular weight is 474 g/mol. The van der Waals surface area contributed by atoms with Gasteiger partial charge in [0.25, 0.3) is 0 Å². The highest BCUT2D eigenvalue weighted by atomic mass is 16.6. The fraction of sp³-hybridized carbons (Fsp3) is 0.0741. The van der Waals surface area contributed by atoms with E-state index in [1.807, 2.05) is 30.3 Å². The van der Waals surface area contributed by atoms with Crippen molar-refractivity contribution in [2.75, 3.05) is 7.11 Å². The number of ether oxygens (including phenoxy) is 2. The van der Waals surface area contributed by atoms with E-state index in [0.29, 0.717) is 27.8 Å². The molecule has 0 fully saturated rings. The topological polar surface area (TPSA) is 123 Å². The number of phenols is 2. The van der Waals surface area contributed by atoms with E-state index < -0.39 is 11.9 Å². The van der Waals surface area contributed by atoms with Gasteiger partial charge in [-0.1, -0.05) is 36.4 Å². The van der Waals surface area contributed by atoms with Crippen molar-refractivity contribution < 1.29 is 33.7 Å². The lowest BCUT2D eigenvalue weighted by molar-refractivity contribution is -0.154. The zero-order valence-corrected chi connectivity index (χ0v) is 18.9. The van der Waals surface area contributed by atoms with Crippen LogP contribution in [0.2, 0.25) is 0 Å². The smallest absolute Gasteiger partial charge is 0.338 e. The van der Waals surface area contributed by atoms with E-state index in [1.165, 1.54) is 37.6 Å². The lowest BCUT2D eigenvalue weighted by Gasteiger charge is -2.03. The Balaban J connectivity index is 0.000000196. The SMILES string of the molecule is COc1cc(C=CC(=O)OC(C)=O)ccc1O.O=c1c(-c2ccccc2)coc2cc(O)ccc12. The van der Waals surface area contributed by atoms with Crippen LogP contribution in [0.15, 0.2) is 88.3 Å². The van der Waals surface area contributed by atoms with E-state index in [-0.39, 0.29) is 16.9 Å². The molecule has 4 aromatic rings. The third-order valence-corrected chi connectivity index (χ3v) is 4.70. The second-order valence-electron chi connectivity index (χ2n) is 7.20. The average Bonchev–Trinajstić information content (AvgIpc) is 2.84. The van der Waals surface area contributed by atoms with Gasteiger partial charge in [0, 0.05) is 19.1 Å². The van der Waals surface area contributed by atoms with E-state index in [4.69, 9.17) is 9.15 Å². The van der Waals surface area contributed by atoms with Gasteiger partial charge in [0.15, 0.2) is 16.9 Å². The van der Waals surface area contributed by atoms with Gasteiger partial charge < -0.3 is 24.1 Å². The maximum Gasteiger partial charge on any atom is 0.338 e. The third kappa shape index (κ3) is 6.58. The molecule has 0 aliphatic rings. The Morgan fingerprint density at radius 2 is 1.71 bits per heavy atom. The monoisotopic (exact) mass is 474 g/mol. The molecule has 1 aromatic heterocycles. The van der Waals surface area contributed by atoms with Crippen LogP contribution in [0.3, 0.4) is 0 Å². The molecular weight excluding hydrogens is 452 g/mol. The zero-order chi connectivity index (χ0) is 25.4. The minimum atomic E-state index is -0.746. The van der Waals surface area contributed by atoms with Gasteiger partial charge in [0.05, 0.1) is 18.1 Å². The van der Waals surface area contributed by atoms with Crippen LogP contribution < -0.4 is 10.2 Å². The summed E-state index contributed by atoms with van der Waals surface area (Å²) >= 11 is 0. The van der Waals surface area contributed by atoms with Gasteiger partial charge in [0.1, 0.15) is 17.6 Å². The maximum absolute atomic E-state index is 12.3. The van der Waals surface area contributed by atoms with Gasteiger partial charge in [-0.05, 0) is 41.5 Å². The van der Waals surface area contributed by atoms with Gasteiger partial charge in [-0.2, -0.15) is 0 Å². The first kappa shape index (κ1) is 24.8. The van der Waals surface area contributed by atoms with Crippen molar-refractivity contribution in [3.8, 4) is 28.4 Å². The summed E-state index contributed by atoms with van der Waals surface area (Å²) in [5.41, 5.74) is 2.28. The van der Waals surface area contributed by atoms with Gasteiger partial charge >= 0.3 is 11.9 Å². The lowest BCUT2D eigenvalue weighted by atomic mass is 10.1. The van der Waals surface area contributed by atoms with Crippen molar-refractivity contribution >= 4 is 29.0 Å². The molecule has 0 atom stereocenters. The van der Waals surface area contributed by atoms with Crippen LogP contribution in [-0.4, -0.2) is 29.3 Å². The molecule has 1 heterocycles. The fourth-order valence-electron chi connectivity index (χ4n) is 3.07. The molecule has 0 amide bonds. The van der Waals surface area contributed by atoms with E-state index >= 15 is 0 Å². The number of esters is 2. The summed E-state index contributed by atoms with van der Waals surface area (Å²) in [5, 5.41) is 19.2. The number of hydrogen-bond donors (Lipinski definition) is 2. The predicted molar refractivity (Wildman–Crippen MR) is 130 cm³/mol. The highest BCUT2D eigenvalue weighted by molar-refractivity contribution is 5.94. The highest BCUT2D eigenvalue weighted by Gasteiger charge is 2.09. The van der Waals surface area contributed by atoms with E-state index in [2.05, 4.69) is 4.74 Å². The van der Waals surface area contributed by atoms with Crippen molar-refractivity contribution in [3.05, 3.63) is 94.9 Å². The molecule has 3 aromatic carbocycles. The van der Waals surface area contributed by atoms with Crippen LogP contribution in [0.1, 0.15) is 12.5 Å². The summed E-state index contributed by atoms with van der Waals surface area (Å²) in [6.45, 7) is 1.15. The molecule has 2 N–H and O–H groups in total. The van der Waals surface area contributed by atoms with E-state index in [0.717, 1.165) is 18.6 Å². The Hall–Kier alpha value is -4.85. The van der Waals surface area contributed by atoms with Crippen LogP contribution in [0, 0.1) is 0 Å². The fourth-order valence-corrected chi connectivity index (χ4v) is 3.07. The second-order valence-corrected chi connectivity index (χ2v) is 7.20. The van der Waals surface area contributed by atoms with Crippen molar-refractivity contribution in [2.45, 2.75) is 6.92 Å². The summed E-state index contributed by atoms with van der Waals surface area (Å²) < 4.78 is 14.6. The summed E-state index contributed by atoms with van der Waals surface area (Å²) in [7, 11) is 1.42. The molecule has 35 heavy (non-hydrogen) atoms. The molecule has 8 heteroatoms. The van der Waals surface area contributed by atoms with Crippen LogP contribution in [0.5, 0.6) is 17.2 Å². The van der Waals surface area contributed by atoms with Crippen molar-refractivity contribution in [1.82, 2.24) is 0 Å². The van der Waals surface area contributed by atoms with Crippen LogP contribution in [0.25, 0.3) is 28.2 Å². The first-order valence-electron chi connectivity index (χ1n) is 10.4. The number of aromatic hydroxyl groups is 2. The molecular formula is C27H22O8. The van der Waals surface area contributed by atoms with Crippen LogP contribution >= 0.6 is 0 Å². The summed E-state index contributed by atoms with van der Waals surface area (Å²) in [6.07, 6.45) is 4.00. The molecule has 0 saturated carbocycles.